The van der Waals surface area contributed by atoms with Crippen molar-refractivity contribution in [2.24, 2.45) is 5.73 Å². The lowest BCUT2D eigenvalue weighted by molar-refractivity contribution is 0.0878. The van der Waals surface area contributed by atoms with E-state index in [2.05, 4.69) is 6.92 Å². The Kier molecular flexibility index (Phi) is 3.13. The average molecular weight is 255 g/mol. The van der Waals surface area contributed by atoms with Gasteiger partial charge in [-0.3, -0.25) is 0 Å². The summed E-state index contributed by atoms with van der Waals surface area (Å²) in [4.78, 5) is 0. The predicted octanol–water partition coefficient (Wildman–Crippen LogP) is 2.83. The summed E-state index contributed by atoms with van der Waals surface area (Å²) in [5, 5.41) is 0. The van der Waals surface area contributed by atoms with Crippen LogP contribution in [0.2, 0.25) is 0 Å². The zero-order valence-electron chi connectivity index (χ0n) is 10.9. The smallest absolute Gasteiger partial charge is 0.152 e. The van der Waals surface area contributed by atoms with Gasteiger partial charge in [0.1, 0.15) is 18.1 Å². The predicted molar refractivity (Wildman–Crippen MR) is 74.5 cm³/mol. The largest absolute Gasteiger partial charge is 0.489 e. The molecule has 19 heavy (non-hydrogen) atoms. The lowest BCUT2D eigenvalue weighted by atomic mass is 9.99. The van der Waals surface area contributed by atoms with Crippen molar-refractivity contribution >= 4 is 0 Å². The summed E-state index contributed by atoms with van der Waals surface area (Å²) in [6, 6.07) is 15.7. The van der Waals surface area contributed by atoms with E-state index >= 15 is 0 Å². The highest BCUT2D eigenvalue weighted by Crippen LogP contribution is 2.32. The molecule has 3 nitrogen and oxygen atoms in total. The van der Waals surface area contributed by atoms with Gasteiger partial charge in [-0.2, -0.15) is 0 Å². The summed E-state index contributed by atoms with van der Waals surface area (Å²) >= 11 is 0. The topological polar surface area (TPSA) is 44.5 Å². The molecular formula is C16H17NO2. The van der Waals surface area contributed by atoms with E-state index in [0.717, 1.165) is 17.1 Å². The molecule has 2 unspecified atom stereocenters. The molecule has 1 aliphatic heterocycles. The molecular weight excluding hydrogens is 238 g/mol. The Morgan fingerprint density at radius 3 is 2.63 bits per heavy atom. The normalized spacial score (nSPS) is 21.4. The summed E-state index contributed by atoms with van der Waals surface area (Å²) in [6.45, 7) is 2.53. The molecule has 0 aliphatic carbocycles. The van der Waals surface area contributed by atoms with Gasteiger partial charge in [0.25, 0.3) is 0 Å². The number of fused-ring (bicyclic) bond motifs is 1. The summed E-state index contributed by atoms with van der Waals surface area (Å²) in [5.74, 6) is 1.69. The second kappa shape index (κ2) is 4.94. The van der Waals surface area contributed by atoms with Crippen LogP contribution in [0.5, 0.6) is 11.5 Å². The van der Waals surface area contributed by atoms with E-state index in [9.17, 15) is 0 Å². The first-order valence-electron chi connectivity index (χ1n) is 6.44. The van der Waals surface area contributed by atoms with Gasteiger partial charge in [-0.25, -0.2) is 0 Å². The van der Waals surface area contributed by atoms with Gasteiger partial charge in [-0.1, -0.05) is 35.9 Å². The molecule has 2 atom stereocenters. The van der Waals surface area contributed by atoms with Crippen LogP contribution in [0.1, 0.15) is 17.2 Å². The van der Waals surface area contributed by atoms with Gasteiger partial charge in [0.05, 0.1) is 6.04 Å². The van der Waals surface area contributed by atoms with Gasteiger partial charge in [-0.05, 0) is 25.1 Å². The van der Waals surface area contributed by atoms with Crippen molar-refractivity contribution < 1.29 is 9.47 Å². The highest BCUT2D eigenvalue weighted by molar-refractivity contribution is 5.38. The molecule has 0 radical (unpaired) electrons. The maximum atomic E-state index is 6.26. The van der Waals surface area contributed by atoms with Gasteiger partial charge in [0.15, 0.2) is 6.10 Å². The monoisotopic (exact) mass is 255 g/mol. The van der Waals surface area contributed by atoms with Crippen molar-refractivity contribution in [3.8, 4) is 11.5 Å². The first-order chi connectivity index (χ1) is 9.24. The van der Waals surface area contributed by atoms with Crippen molar-refractivity contribution in [2.45, 2.75) is 19.1 Å². The quantitative estimate of drug-likeness (QED) is 0.897. The van der Waals surface area contributed by atoms with Crippen molar-refractivity contribution in [3.05, 3.63) is 59.7 Å². The van der Waals surface area contributed by atoms with E-state index in [1.165, 1.54) is 5.56 Å². The number of nitrogens with two attached hydrogens (primary N) is 1. The first-order valence-corrected chi connectivity index (χ1v) is 6.44. The number of ether oxygens (including phenoxy) is 2. The average Bonchev–Trinajstić information content (AvgIpc) is 2.45. The van der Waals surface area contributed by atoms with Gasteiger partial charge in [0, 0.05) is 5.56 Å². The van der Waals surface area contributed by atoms with E-state index < -0.39 is 0 Å². The second-order valence-corrected chi connectivity index (χ2v) is 4.84. The minimum atomic E-state index is -0.161. The van der Waals surface area contributed by atoms with Crippen molar-refractivity contribution in [2.75, 3.05) is 6.61 Å². The molecule has 3 rings (SSSR count). The molecule has 0 saturated carbocycles. The highest BCUT2D eigenvalue weighted by atomic mass is 16.5. The van der Waals surface area contributed by atoms with Crippen molar-refractivity contribution in [1.82, 2.24) is 0 Å². The van der Waals surface area contributed by atoms with Crippen LogP contribution in [-0.2, 0) is 0 Å². The van der Waals surface area contributed by atoms with E-state index in [0.29, 0.717) is 6.61 Å². The third kappa shape index (κ3) is 2.42. The summed E-state index contributed by atoms with van der Waals surface area (Å²) in [6.07, 6.45) is -0.155. The molecule has 2 aromatic rings. The number of hydrogen-bond acceptors (Lipinski definition) is 3. The van der Waals surface area contributed by atoms with Crippen LogP contribution < -0.4 is 15.2 Å². The Bertz CT molecular complexity index is 565. The molecule has 0 fully saturated rings. The molecule has 1 heterocycles. The molecule has 2 N–H and O–H groups in total. The number of hydrogen-bond donors (Lipinski definition) is 1. The number of para-hydroxylation sites is 1. The molecule has 0 bridgehead atoms. The zero-order valence-corrected chi connectivity index (χ0v) is 10.9. The number of benzene rings is 2. The lowest BCUT2D eigenvalue weighted by Crippen LogP contribution is -2.40. The van der Waals surface area contributed by atoms with Gasteiger partial charge in [0.2, 0.25) is 0 Å². The molecule has 0 saturated heterocycles. The lowest BCUT2D eigenvalue weighted by Gasteiger charge is -2.31. The van der Waals surface area contributed by atoms with Gasteiger partial charge >= 0.3 is 0 Å². The third-order valence-electron chi connectivity index (χ3n) is 3.39. The van der Waals surface area contributed by atoms with E-state index in [-0.39, 0.29) is 12.1 Å². The second-order valence-electron chi connectivity index (χ2n) is 4.84. The van der Waals surface area contributed by atoms with Crippen LogP contribution in [0.3, 0.4) is 0 Å². The Balaban J connectivity index is 1.79. The molecule has 98 valence electrons. The minimum Gasteiger partial charge on any atom is -0.489 e. The van der Waals surface area contributed by atoms with Crippen LogP contribution in [0.15, 0.2) is 48.5 Å². The fraction of sp³-hybridized carbons (Fsp3) is 0.250. The number of aryl methyl sites for hydroxylation is 1. The van der Waals surface area contributed by atoms with Gasteiger partial charge < -0.3 is 15.2 Å². The summed E-state index contributed by atoms with van der Waals surface area (Å²) in [5.41, 5.74) is 8.48. The highest BCUT2D eigenvalue weighted by Gasteiger charge is 2.29. The molecule has 0 aromatic heterocycles. The van der Waals surface area contributed by atoms with E-state index in [1.54, 1.807) is 0 Å². The Hall–Kier alpha value is -2.00. The Labute approximate surface area is 113 Å². The van der Waals surface area contributed by atoms with Crippen molar-refractivity contribution in [3.63, 3.8) is 0 Å². The molecule has 2 aromatic carbocycles. The molecule has 1 aliphatic rings. The van der Waals surface area contributed by atoms with E-state index in [4.69, 9.17) is 15.2 Å². The Morgan fingerprint density at radius 2 is 1.84 bits per heavy atom. The van der Waals surface area contributed by atoms with Crippen LogP contribution >= 0.6 is 0 Å². The first kappa shape index (κ1) is 12.1. The SMILES string of the molecule is Cc1ccc(OC2COc3ccccc3C2N)cc1. The standard InChI is InChI=1S/C16H17NO2/c1-11-6-8-12(9-7-11)19-15-10-18-14-5-3-2-4-13(14)16(15)17/h2-9,15-16H,10,17H2,1H3. The maximum Gasteiger partial charge on any atom is 0.152 e. The van der Waals surface area contributed by atoms with Crippen LogP contribution in [0.4, 0.5) is 0 Å². The van der Waals surface area contributed by atoms with Crippen LogP contribution in [-0.4, -0.2) is 12.7 Å². The summed E-state index contributed by atoms with van der Waals surface area (Å²) in [7, 11) is 0. The molecule has 3 heteroatoms. The summed E-state index contributed by atoms with van der Waals surface area (Å²) < 4.78 is 11.6. The molecule has 0 spiro atoms. The van der Waals surface area contributed by atoms with Gasteiger partial charge in [-0.15, -0.1) is 0 Å². The zero-order chi connectivity index (χ0) is 13.2. The van der Waals surface area contributed by atoms with E-state index in [1.807, 2.05) is 48.5 Å². The molecule has 0 amide bonds. The van der Waals surface area contributed by atoms with Crippen molar-refractivity contribution in [1.29, 1.82) is 0 Å². The Morgan fingerprint density at radius 1 is 1.11 bits per heavy atom. The fourth-order valence-electron chi connectivity index (χ4n) is 2.26. The maximum absolute atomic E-state index is 6.26. The third-order valence-corrected chi connectivity index (χ3v) is 3.39. The van der Waals surface area contributed by atoms with Crippen LogP contribution in [0.25, 0.3) is 0 Å². The number of rotatable bonds is 2. The van der Waals surface area contributed by atoms with Crippen LogP contribution in [0, 0.1) is 6.92 Å². The minimum absolute atomic E-state index is 0.155. The fourth-order valence-corrected chi connectivity index (χ4v) is 2.26.